The molecule has 7 heteroatoms. The monoisotopic (exact) mass is 200 g/mol. The van der Waals surface area contributed by atoms with Crippen LogP contribution in [0.2, 0.25) is 0 Å². The molecule has 0 aromatic carbocycles. The van der Waals surface area contributed by atoms with Crippen molar-refractivity contribution in [3.05, 3.63) is 0 Å². The third kappa shape index (κ3) is 124. The van der Waals surface area contributed by atoms with Crippen molar-refractivity contribution in [3.63, 3.8) is 0 Å². The molecule has 42 valence electrons. The molecule has 0 spiro atoms. The van der Waals surface area contributed by atoms with Gasteiger partial charge in [-0.3, -0.25) is 0 Å². The molecular weight excluding hydrogens is 197 g/mol. The van der Waals surface area contributed by atoms with E-state index in [-0.39, 0.29) is 37.1 Å². The van der Waals surface area contributed by atoms with Crippen molar-refractivity contribution in [2.75, 3.05) is 0 Å². The average Bonchev–Trinajstić information content (AvgIpc) is 0.722. The van der Waals surface area contributed by atoms with Gasteiger partial charge < -0.3 is 14.7 Å². The van der Waals surface area contributed by atoms with E-state index in [1.165, 1.54) is 0 Å². The minimum absolute atomic E-state index is 0. The molecule has 0 fully saturated rings. The maximum atomic E-state index is 8.88. The SMILES string of the molecule is O=P(O)(O)O.[V].[V]. The fraction of sp³-hybridized carbons (Fsp3) is 0. The van der Waals surface area contributed by atoms with Crippen molar-refractivity contribution >= 4 is 7.82 Å². The Morgan fingerprint density at radius 3 is 1.00 bits per heavy atom. The van der Waals surface area contributed by atoms with Crippen LogP contribution in [0.5, 0.6) is 0 Å². The quantitative estimate of drug-likeness (QED) is 0.441. The van der Waals surface area contributed by atoms with E-state index in [0.29, 0.717) is 0 Å². The molecule has 0 bridgehead atoms. The van der Waals surface area contributed by atoms with E-state index in [4.69, 9.17) is 19.2 Å². The van der Waals surface area contributed by atoms with Crippen molar-refractivity contribution in [2.24, 2.45) is 0 Å². The molecule has 4 nitrogen and oxygen atoms in total. The van der Waals surface area contributed by atoms with Crippen LogP contribution in [-0.4, -0.2) is 14.7 Å². The molecule has 2 radical (unpaired) electrons. The molecule has 0 rings (SSSR count). The Hall–Kier alpha value is 1.28. The summed E-state index contributed by atoms with van der Waals surface area (Å²) < 4.78 is 8.88. The van der Waals surface area contributed by atoms with Gasteiger partial charge in [-0.1, -0.05) is 0 Å². The molecule has 0 aromatic heterocycles. The van der Waals surface area contributed by atoms with E-state index in [2.05, 4.69) is 0 Å². The van der Waals surface area contributed by atoms with E-state index in [9.17, 15) is 0 Å². The molecule has 0 aliphatic rings. The van der Waals surface area contributed by atoms with E-state index in [1.54, 1.807) is 0 Å². The van der Waals surface area contributed by atoms with Crippen molar-refractivity contribution in [1.82, 2.24) is 0 Å². The Morgan fingerprint density at radius 2 is 1.00 bits per heavy atom. The second-order valence-electron chi connectivity index (χ2n) is 0.513. The first-order valence-electron chi connectivity index (χ1n) is 0.783. The van der Waals surface area contributed by atoms with Crippen LogP contribution in [0.4, 0.5) is 0 Å². The summed E-state index contributed by atoms with van der Waals surface area (Å²) in [5.41, 5.74) is 0. The number of rotatable bonds is 0. The van der Waals surface area contributed by atoms with E-state index >= 15 is 0 Å². The van der Waals surface area contributed by atoms with Gasteiger partial charge in [-0.15, -0.1) is 0 Å². The topological polar surface area (TPSA) is 77.8 Å². The molecule has 3 N–H and O–H groups in total. The molecule has 0 saturated heterocycles. The molecule has 0 amide bonds. The fourth-order valence-electron chi connectivity index (χ4n) is 0. The Kier molecular flexibility index (Phi) is 12.2. The maximum Gasteiger partial charge on any atom is 0.466 e. The molecular formula is H3O4PV2. The second kappa shape index (κ2) is 5.42. The molecule has 0 saturated carbocycles. The van der Waals surface area contributed by atoms with E-state index in [1.807, 2.05) is 0 Å². The summed E-state index contributed by atoms with van der Waals surface area (Å²) in [6.07, 6.45) is 0. The van der Waals surface area contributed by atoms with E-state index < -0.39 is 7.82 Å². The number of hydrogen-bond acceptors (Lipinski definition) is 1. The minimum Gasteiger partial charge on any atom is -0.303 e. The van der Waals surface area contributed by atoms with Crippen LogP contribution in [0.15, 0.2) is 0 Å². The predicted molar refractivity (Wildman–Crippen MR) is 14.3 cm³/mol. The van der Waals surface area contributed by atoms with E-state index in [0.717, 1.165) is 0 Å². The van der Waals surface area contributed by atoms with Crippen LogP contribution in [-0.2, 0) is 41.7 Å². The van der Waals surface area contributed by atoms with Crippen molar-refractivity contribution in [3.8, 4) is 0 Å². The van der Waals surface area contributed by atoms with Gasteiger partial charge in [0.15, 0.2) is 0 Å². The largest absolute Gasteiger partial charge is 0.466 e. The second-order valence-corrected chi connectivity index (χ2v) is 1.54. The van der Waals surface area contributed by atoms with Gasteiger partial charge in [0.05, 0.1) is 0 Å². The van der Waals surface area contributed by atoms with Gasteiger partial charge in [0.25, 0.3) is 0 Å². The zero-order chi connectivity index (χ0) is 4.50. The molecule has 0 unspecified atom stereocenters. The Morgan fingerprint density at radius 1 is 1.00 bits per heavy atom. The summed E-state index contributed by atoms with van der Waals surface area (Å²) in [5.74, 6) is 0. The Labute approximate surface area is 64.3 Å². The summed E-state index contributed by atoms with van der Waals surface area (Å²) in [6, 6.07) is 0. The average molecular weight is 200 g/mol. The molecule has 0 atom stereocenters. The maximum absolute atomic E-state index is 8.88. The van der Waals surface area contributed by atoms with Gasteiger partial charge in [-0.05, 0) is 0 Å². The first kappa shape index (κ1) is 15.7. The summed E-state index contributed by atoms with van der Waals surface area (Å²) in [4.78, 5) is 21.6. The molecule has 0 aromatic rings. The van der Waals surface area contributed by atoms with Gasteiger partial charge >= 0.3 is 7.82 Å². The summed E-state index contributed by atoms with van der Waals surface area (Å²) in [5, 5.41) is 0. The van der Waals surface area contributed by atoms with Crippen LogP contribution >= 0.6 is 7.82 Å². The van der Waals surface area contributed by atoms with Crippen molar-refractivity contribution < 1.29 is 56.4 Å². The van der Waals surface area contributed by atoms with Gasteiger partial charge in [-0.25, -0.2) is 4.57 Å². The zero-order valence-corrected chi connectivity index (χ0v) is 6.78. The third-order valence-electron chi connectivity index (χ3n) is 0. The zero-order valence-electron chi connectivity index (χ0n) is 3.09. The number of hydrogen-bond donors (Lipinski definition) is 3. The van der Waals surface area contributed by atoms with Gasteiger partial charge in [0, 0.05) is 37.1 Å². The Balaban J connectivity index is -0.0000000800. The first-order chi connectivity index (χ1) is 2.00. The first-order valence-corrected chi connectivity index (χ1v) is 2.35. The molecule has 0 heterocycles. The summed E-state index contributed by atoms with van der Waals surface area (Å²) >= 11 is 0. The van der Waals surface area contributed by atoms with Crippen LogP contribution in [0, 0.1) is 0 Å². The van der Waals surface area contributed by atoms with Crippen LogP contribution in [0.3, 0.4) is 0 Å². The minimum atomic E-state index is -4.64. The van der Waals surface area contributed by atoms with Gasteiger partial charge in [0.2, 0.25) is 0 Å². The van der Waals surface area contributed by atoms with Crippen LogP contribution in [0.1, 0.15) is 0 Å². The number of phosphoric acid groups is 1. The Bertz CT molecular complexity index is 55.8. The normalized spacial score (nSPS) is 8.43. The van der Waals surface area contributed by atoms with Crippen molar-refractivity contribution in [2.45, 2.75) is 0 Å². The van der Waals surface area contributed by atoms with Crippen molar-refractivity contribution in [1.29, 1.82) is 0 Å². The molecule has 0 aliphatic carbocycles. The van der Waals surface area contributed by atoms with Gasteiger partial charge in [0.1, 0.15) is 0 Å². The fourth-order valence-corrected chi connectivity index (χ4v) is 0. The smallest absolute Gasteiger partial charge is 0.303 e. The predicted octanol–water partition coefficient (Wildman–Crippen LogP) is -0.934. The van der Waals surface area contributed by atoms with Gasteiger partial charge in [-0.2, -0.15) is 0 Å². The standard InChI is InChI=1S/H3O4P.2V/c1-5(2,3)4;;/h(H3,1,2,3,4);;. The summed E-state index contributed by atoms with van der Waals surface area (Å²) in [7, 11) is -4.64. The van der Waals surface area contributed by atoms with Crippen LogP contribution < -0.4 is 0 Å². The van der Waals surface area contributed by atoms with Crippen LogP contribution in [0.25, 0.3) is 0 Å². The third-order valence-corrected chi connectivity index (χ3v) is 0. The summed E-state index contributed by atoms with van der Waals surface area (Å²) in [6.45, 7) is 0. The molecule has 7 heavy (non-hydrogen) atoms. The molecule has 0 aliphatic heterocycles.